The highest BCUT2D eigenvalue weighted by molar-refractivity contribution is 6.12. The van der Waals surface area contributed by atoms with E-state index in [0.29, 0.717) is 12.1 Å². The summed E-state index contributed by atoms with van der Waals surface area (Å²) in [5.41, 5.74) is -1.10. The maximum Gasteiger partial charge on any atom is 0.573 e. The summed E-state index contributed by atoms with van der Waals surface area (Å²) in [5, 5.41) is 2.29. The number of hydrogen-bond acceptors (Lipinski definition) is 5. The van der Waals surface area contributed by atoms with Gasteiger partial charge in [0.05, 0.1) is 16.6 Å². The number of aryl methyl sites for hydroxylation is 1. The van der Waals surface area contributed by atoms with Crippen molar-refractivity contribution in [3.05, 3.63) is 62.4 Å². The number of anilines is 1. The number of H-pyrrole nitrogens is 1. The van der Waals surface area contributed by atoms with E-state index in [1.807, 2.05) is 6.92 Å². The van der Waals surface area contributed by atoms with Crippen molar-refractivity contribution in [2.24, 2.45) is 0 Å². The molecule has 0 aliphatic heterocycles. The third-order valence-corrected chi connectivity index (χ3v) is 5.02. The molecule has 8 nitrogen and oxygen atoms in total. The Balaban J connectivity index is 1.84. The first-order valence-corrected chi connectivity index (χ1v) is 10.0. The Morgan fingerprint density at radius 1 is 1.28 bits per heavy atom. The topological polar surface area (TPSA) is 106 Å². The highest BCUT2D eigenvalue weighted by atomic mass is 19.4. The number of aromatic nitrogens is 3. The van der Waals surface area contributed by atoms with Crippen LogP contribution in [0.1, 0.15) is 48.2 Å². The molecule has 0 atom stereocenters. The van der Waals surface area contributed by atoms with Crippen LogP contribution in [-0.2, 0) is 6.54 Å². The number of benzene rings is 1. The second kappa shape index (κ2) is 8.13. The Hall–Kier alpha value is -3.63. The Kier molecular flexibility index (Phi) is 5.49. The zero-order valence-corrected chi connectivity index (χ0v) is 17.0. The predicted octanol–water partition coefficient (Wildman–Crippen LogP) is 3.52. The third-order valence-electron chi connectivity index (χ3n) is 5.02. The molecule has 2 aromatic heterocycles. The van der Waals surface area contributed by atoms with Gasteiger partial charge in [-0.3, -0.25) is 19.1 Å². The second-order valence-electron chi connectivity index (χ2n) is 7.48. The molecule has 168 valence electrons. The molecular formula is C21H19F3N4O4. The van der Waals surface area contributed by atoms with E-state index in [0.717, 1.165) is 18.9 Å². The van der Waals surface area contributed by atoms with Gasteiger partial charge in [-0.25, -0.2) is 9.78 Å². The Morgan fingerprint density at radius 3 is 2.66 bits per heavy atom. The maximum atomic E-state index is 13.1. The highest BCUT2D eigenvalue weighted by Crippen LogP contribution is 2.40. The monoisotopic (exact) mass is 448 g/mol. The van der Waals surface area contributed by atoms with Gasteiger partial charge >= 0.3 is 12.1 Å². The van der Waals surface area contributed by atoms with E-state index in [-0.39, 0.29) is 34.7 Å². The van der Waals surface area contributed by atoms with Gasteiger partial charge in [-0.05, 0) is 37.5 Å². The lowest BCUT2D eigenvalue weighted by molar-refractivity contribution is -0.274. The van der Waals surface area contributed by atoms with E-state index in [1.54, 1.807) is 0 Å². The minimum atomic E-state index is -4.95. The normalized spacial score (nSPS) is 13.9. The molecule has 1 aliphatic carbocycles. The SMILES string of the molecule is CCCn1c(=O)[nH]c(=O)c2c(C(=O)Nc3ccccc3OC(F)(F)F)cc(C3CC3)nc21. The molecule has 4 rings (SSSR count). The number of halogens is 3. The third kappa shape index (κ3) is 4.36. The average Bonchev–Trinajstić information content (AvgIpc) is 3.56. The number of para-hydroxylation sites is 2. The van der Waals surface area contributed by atoms with Crippen LogP contribution in [0.2, 0.25) is 0 Å². The van der Waals surface area contributed by atoms with Gasteiger partial charge in [-0.1, -0.05) is 19.1 Å². The minimum Gasteiger partial charge on any atom is -0.404 e. The fraction of sp³-hybridized carbons (Fsp3) is 0.333. The van der Waals surface area contributed by atoms with Gasteiger partial charge in [-0.2, -0.15) is 0 Å². The summed E-state index contributed by atoms with van der Waals surface area (Å²) >= 11 is 0. The first kappa shape index (κ1) is 21.6. The molecule has 11 heteroatoms. The number of rotatable bonds is 6. The Bertz CT molecular complexity index is 1310. The summed E-state index contributed by atoms with van der Waals surface area (Å²) in [6, 6.07) is 6.54. The second-order valence-corrected chi connectivity index (χ2v) is 7.48. The largest absolute Gasteiger partial charge is 0.573 e. The fourth-order valence-corrected chi connectivity index (χ4v) is 3.47. The number of amides is 1. The summed E-state index contributed by atoms with van der Waals surface area (Å²) in [7, 11) is 0. The highest BCUT2D eigenvalue weighted by Gasteiger charge is 2.33. The summed E-state index contributed by atoms with van der Waals surface area (Å²) in [6.07, 6.45) is -2.66. The first-order chi connectivity index (χ1) is 15.2. The summed E-state index contributed by atoms with van der Waals surface area (Å²) in [4.78, 5) is 44.8. The van der Waals surface area contributed by atoms with Crippen LogP contribution in [0, 0.1) is 0 Å². The van der Waals surface area contributed by atoms with Crippen molar-refractivity contribution in [2.45, 2.75) is 45.0 Å². The van der Waals surface area contributed by atoms with Crippen molar-refractivity contribution in [1.29, 1.82) is 0 Å². The molecule has 3 aromatic rings. The molecular weight excluding hydrogens is 429 g/mol. The maximum absolute atomic E-state index is 13.1. The molecule has 0 spiro atoms. The van der Waals surface area contributed by atoms with Gasteiger partial charge in [0.15, 0.2) is 11.4 Å². The zero-order chi connectivity index (χ0) is 23.0. The van der Waals surface area contributed by atoms with Crippen molar-refractivity contribution < 1.29 is 22.7 Å². The van der Waals surface area contributed by atoms with Crippen molar-refractivity contribution >= 4 is 22.6 Å². The number of alkyl halides is 3. The quantitative estimate of drug-likeness (QED) is 0.600. The van der Waals surface area contributed by atoms with Crippen LogP contribution in [0.3, 0.4) is 0 Å². The van der Waals surface area contributed by atoms with Crippen LogP contribution < -0.4 is 21.3 Å². The van der Waals surface area contributed by atoms with E-state index in [2.05, 4.69) is 20.0 Å². The Morgan fingerprint density at radius 2 is 2.00 bits per heavy atom. The lowest BCUT2D eigenvalue weighted by Gasteiger charge is -2.15. The lowest BCUT2D eigenvalue weighted by atomic mass is 10.1. The molecule has 1 fully saturated rings. The predicted molar refractivity (Wildman–Crippen MR) is 110 cm³/mol. The van der Waals surface area contributed by atoms with Gasteiger partial charge in [0, 0.05) is 18.2 Å². The standard InChI is InChI=1S/C21H19F3N4O4/c1-2-9-28-17-16(19(30)27-20(28)31)12(10-14(25-17)11-7-8-11)18(29)26-13-5-3-4-6-15(13)32-21(22,23)24/h3-6,10-11H,2,7-9H2,1H3,(H,26,29)(H,27,30,31). The number of fused-ring (bicyclic) bond motifs is 1. The fourth-order valence-electron chi connectivity index (χ4n) is 3.47. The number of ether oxygens (including phenoxy) is 1. The molecule has 1 aromatic carbocycles. The molecule has 1 aliphatic rings. The molecule has 0 saturated heterocycles. The summed E-state index contributed by atoms with van der Waals surface area (Å²) in [5.74, 6) is -1.31. The van der Waals surface area contributed by atoms with Gasteiger partial charge < -0.3 is 10.1 Å². The van der Waals surface area contributed by atoms with Crippen LogP contribution in [-0.4, -0.2) is 26.8 Å². The minimum absolute atomic E-state index is 0.0787. The van der Waals surface area contributed by atoms with Crippen molar-refractivity contribution in [3.8, 4) is 5.75 Å². The zero-order valence-electron chi connectivity index (χ0n) is 17.0. The Labute approximate surface area is 179 Å². The summed E-state index contributed by atoms with van der Waals surface area (Å²) in [6.45, 7) is 2.12. The van der Waals surface area contributed by atoms with Gasteiger partial charge in [0.1, 0.15) is 0 Å². The van der Waals surface area contributed by atoms with E-state index >= 15 is 0 Å². The van der Waals surface area contributed by atoms with Crippen LogP contribution in [0.15, 0.2) is 39.9 Å². The molecule has 1 amide bonds. The number of pyridine rings is 1. The van der Waals surface area contributed by atoms with Gasteiger partial charge in [0.2, 0.25) is 0 Å². The van der Waals surface area contributed by atoms with Crippen molar-refractivity contribution in [3.63, 3.8) is 0 Å². The van der Waals surface area contributed by atoms with E-state index in [1.165, 1.54) is 28.8 Å². The molecule has 2 N–H and O–H groups in total. The van der Waals surface area contributed by atoms with Gasteiger partial charge in [-0.15, -0.1) is 13.2 Å². The average molecular weight is 448 g/mol. The number of nitrogens with one attached hydrogen (secondary N) is 2. The smallest absolute Gasteiger partial charge is 0.404 e. The molecule has 0 bridgehead atoms. The van der Waals surface area contributed by atoms with E-state index in [9.17, 15) is 27.6 Å². The molecule has 1 saturated carbocycles. The first-order valence-electron chi connectivity index (χ1n) is 10.0. The number of carbonyl (C=O) groups is 1. The summed E-state index contributed by atoms with van der Waals surface area (Å²) < 4.78 is 43.4. The van der Waals surface area contributed by atoms with Gasteiger partial charge in [0.25, 0.3) is 11.5 Å². The molecule has 0 radical (unpaired) electrons. The molecule has 2 heterocycles. The van der Waals surface area contributed by atoms with E-state index < -0.39 is 29.3 Å². The lowest BCUT2D eigenvalue weighted by Crippen LogP contribution is -2.32. The van der Waals surface area contributed by atoms with Crippen LogP contribution >= 0.6 is 0 Å². The number of aromatic amines is 1. The molecule has 0 unspecified atom stereocenters. The van der Waals surface area contributed by atoms with Crippen molar-refractivity contribution in [1.82, 2.24) is 14.5 Å². The number of nitrogens with zero attached hydrogens (tertiary/aromatic N) is 2. The van der Waals surface area contributed by atoms with Crippen LogP contribution in [0.4, 0.5) is 18.9 Å². The molecule has 32 heavy (non-hydrogen) atoms. The van der Waals surface area contributed by atoms with Crippen molar-refractivity contribution in [2.75, 3.05) is 5.32 Å². The van der Waals surface area contributed by atoms with Crippen LogP contribution in [0.25, 0.3) is 11.0 Å². The van der Waals surface area contributed by atoms with Crippen LogP contribution in [0.5, 0.6) is 5.75 Å². The number of carbonyl (C=O) groups excluding carboxylic acids is 1. The number of hydrogen-bond donors (Lipinski definition) is 2. The van der Waals surface area contributed by atoms with E-state index in [4.69, 9.17) is 0 Å².